The first-order valence-electron chi connectivity index (χ1n) is 11.9. The highest BCUT2D eigenvalue weighted by Gasteiger charge is 2.13. The fraction of sp³-hybridized carbons (Fsp3) is 0. The van der Waals surface area contributed by atoms with Crippen molar-refractivity contribution in [1.82, 2.24) is 15.0 Å². The number of aromatic nitrogens is 3. The molecule has 3 nitrogen and oxygen atoms in total. The number of nitrogens with zero attached hydrogens (tertiary/aromatic N) is 3. The fourth-order valence-electron chi connectivity index (χ4n) is 4.35. The van der Waals surface area contributed by atoms with Crippen LogP contribution in [0, 0.1) is 0 Å². The highest BCUT2D eigenvalue weighted by molar-refractivity contribution is 5.80. The number of hydrogen-bond donors (Lipinski definition) is 0. The second kappa shape index (κ2) is 9.77. The predicted molar refractivity (Wildman–Crippen MR) is 147 cm³/mol. The molecule has 0 aliphatic rings. The number of benzene rings is 4. The third-order valence-corrected chi connectivity index (χ3v) is 6.18. The molecule has 2 heterocycles. The first kappa shape index (κ1) is 21.6. The van der Waals surface area contributed by atoms with Gasteiger partial charge in [-0.05, 0) is 58.7 Å². The minimum absolute atomic E-state index is 0.697. The van der Waals surface area contributed by atoms with Crippen molar-refractivity contribution in [2.75, 3.05) is 0 Å². The first-order valence-corrected chi connectivity index (χ1v) is 11.9. The molecule has 2 aromatic heterocycles. The zero-order chi connectivity index (χ0) is 24.2. The van der Waals surface area contributed by atoms with Gasteiger partial charge in [-0.2, -0.15) is 0 Å². The highest BCUT2D eigenvalue weighted by Crippen LogP contribution is 2.33. The average Bonchev–Trinajstić information content (AvgIpc) is 2.98. The topological polar surface area (TPSA) is 38.7 Å². The number of hydrogen-bond acceptors (Lipinski definition) is 3. The van der Waals surface area contributed by atoms with Gasteiger partial charge in [0.1, 0.15) is 0 Å². The zero-order valence-corrected chi connectivity index (χ0v) is 19.6. The van der Waals surface area contributed by atoms with Crippen molar-refractivity contribution in [2.45, 2.75) is 0 Å². The maximum Gasteiger partial charge on any atom is 0.160 e. The van der Waals surface area contributed by atoms with Gasteiger partial charge in [-0.25, -0.2) is 9.97 Å². The van der Waals surface area contributed by atoms with Crippen LogP contribution < -0.4 is 0 Å². The molecule has 0 aliphatic heterocycles. The van der Waals surface area contributed by atoms with Gasteiger partial charge >= 0.3 is 0 Å². The summed E-state index contributed by atoms with van der Waals surface area (Å²) in [4.78, 5) is 14.3. The highest BCUT2D eigenvalue weighted by atomic mass is 14.9. The third-order valence-electron chi connectivity index (χ3n) is 6.18. The number of rotatable bonds is 5. The van der Waals surface area contributed by atoms with Crippen molar-refractivity contribution in [3.8, 4) is 56.2 Å². The Morgan fingerprint density at radius 1 is 0.333 bits per heavy atom. The van der Waals surface area contributed by atoms with Crippen molar-refractivity contribution in [3.05, 3.63) is 140 Å². The summed E-state index contributed by atoms with van der Waals surface area (Å²) in [6, 6.07) is 43.7. The molecule has 6 rings (SSSR count). The van der Waals surface area contributed by atoms with E-state index in [2.05, 4.69) is 77.8 Å². The molecule has 0 bridgehead atoms. The summed E-state index contributed by atoms with van der Waals surface area (Å²) in [5, 5.41) is 0. The van der Waals surface area contributed by atoms with Crippen LogP contribution in [-0.2, 0) is 0 Å². The van der Waals surface area contributed by atoms with Crippen molar-refractivity contribution in [2.24, 2.45) is 0 Å². The van der Waals surface area contributed by atoms with Gasteiger partial charge in [0.05, 0.1) is 11.4 Å². The molecule has 3 heteroatoms. The molecule has 170 valence electrons. The Morgan fingerprint density at radius 3 is 1.25 bits per heavy atom. The van der Waals surface area contributed by atoms with Crippen LogP contribution in [0.25, 0.3) is 56.2 Å². The van der Waals surface area contributed by atoms with Crippen LogP contribution in [0.1, 0.15) is 0 Å². The summed E-state index contributed by atoms with van der Waals surface area (Å²) in [7, 11) is 0. The second-order valence-corrected chi connectivity index (χ2v) is 8.60. The van der Waals surface area contributed by atoms with Crippen molar-refractivity contribution in [3.63, 3.8) is 0 Å². The lowest BCUT2D eigenvalue weighted by Gasteiger charge is -2.13. The van der Waals surface area contributed by atoms with E-state index in [9.17, 15) is 0 Å². The molecule has 0 radical (unpaired) electrons. The lowest BCUT2D eigenvalue weighted by atomic mass is 9.96. The monoisotopic (exact) mass is 461 g/mol. The Balaban J connectivity index is 1.58. The fourth-order valence-corrected chi connectivity index (χ4v) is 4.35. The van der Waals surface area contributed by atoms with E-state index >= 15 is 0 Å². The second-order valence-electron chi connectivity index (χ2n) is 8.60. The predicted octanol–water partition coefficient (Wildman–Crippen LogP) is 8.21. The standard InChI is InChI=1S/C33H23N3/c1-4-10-24(11-5-1)28-20-29(25-16-18-34-19-17-25)22-30(21-28)33-35-31(26-12-6-2-7-13-26)23-32(36-33)27-14-8-3-9-15-27/h1-23H. The van der Waals surface area contributed by atoms with Crippen LogP contribution in [-0.4, -0.2) is 15.0 Å². The van der Waals surface area contributed by atoms with Crippen molar-refractivity contribution < 1.29 is 0 Å². The molecule has 0 N–H and O–H groups in total. The molecule has 0 aliphatic carbocycles. The van der Waals surface area contributed by atoms with Gasteiger partial charge in [-0.3, -0.25) is 4.98 Å². The van der Waals surface area contributed by atoms with Gasteiger partial charge in [-0.1, -0.05) is 91.0 Å². The Bertz CT molecular complexity index is 1360. The lowest BCUT2D eigenvalue weighted by molar-refractivity contribution is 1.18. The van der Waals surface area contributed by atoms with Gasteiger partial charge in [0, 0.05) is 29.1 Å². The summed E-state index contributed by atoms with van der Waals surface area (Å²) in [6.45, 7) is 0. The molecular weight excluding hydrogens is 438 g/mol. The van der Waals surface area contributed by atoms with Crippen molar-refractivity contribution >= 4 is 0 Å². The van der Waals surface area contributed by atoms with E-state index in [4.69, 9.17) is 9.97 Å². The molecule has 0 spiro atoms. The smallest absolute Gasteiger partial charge is 0.160 e. The third kappa shape index (κ3) is 4.55. The molecule has 0 atom stereocenters. The van der Waals surface area contributed by atoms with Crippen molar-refractivity contribution in [1.29, 1.82) is 0 Å². The Kier molecular flexibility index (Phi) is 5.87. The lowest BCUT2D eigenvalue weighted by Crippen LogP contribution is -1.96. The minimum atomic E-state index is 0.697. The molecule has 4 aromatic carbocycles. The largest absolute Gasteiger partial charge is 0.265 e. The molecule has 0 saturated heterocycles. The zero-order valence-electron chi connectivity index (χ0n) is 19.6. The quantitative estimate of drug-likeness (QED) is 0.260. The van der Waals surface area contributed by atoms with E-state index < -0.39 is 0 Å². The van der Waals surface area contributed by atoms with Crippen LogP contribution >= 0.6 is 0 Å². The Morgan fingerprint density at radius 2 is 0.750 bits per heavy atom. The van der Waals surface area contributed by atoms with Gasteiger partial charge < -0.3 is 0 Å². The van der Waals surface area contributed by atoms with Crippen LogP contribution in [0.5, 0.6) is 0 Å². The van der Waals surface area contributed by atoms with E-state index in [1.54, 1.807) is 0 Å². The molecule has 0 saturated carbocycles. The SMILES string of the molecule is c1ccc(-c2cc(-c3ccncc3)cc(-c3nc(-c4ccccc4)cc(-c4ccccc4)n3)c2)cc1. The summed E-state index contributed by atoms with van der Waals surface area (Å²) >= 11 is 0. The summed E-state index contributed by atoms with van der Waals surface area (Å²) in [5.74, 6) is 0.697. The maximum atomic E-state index is 5.05. The van der Waals surface area contributed by atoms with E-state index in [1.165, 1.54) is 0 Å². The summed E-state index contributed by atoms with van der Waals surface area (Å²) in [6.07, 6.45) is 3.65. The van der Waals surface area contributed by atoms with Gasteiger partial charge in [-0.15, -0.1) is 0 Å². The van der Waals surface area contributed by atoms with E-state index in [0.29, 0.717) is 5.82 Å². The van der Waals surface area contributed by atoms with Gasteiger partial charge in [0.15, 0.2) is 5.82 Å². The first-order chi connectivity index (χ1) is 17.8. The molecule has 0 fully saturated rings. The van der Waals surface area contributed by atoms with Crippen LogP contribution in [0.15, 0.2) is 140 Å². The van der Waals surface area contributed by atoms with Crippen LogP contribution in [0.3, 0.4) is 0 Å². The van der Waals surface area contributed by atoms with E-state index in [0.717, 1.165) is 50.3 Å². The minimum Gasteiger partial charge on any atom is -0.265 e. The molecule has 0 unspecified atom stereocenters. The maximum absolute atomic E-state index is 5.05. The van der Waals surface area contributed by atoms with Crippen LogP contribution in [0.2, 0.25) is 0 Å². The summed E-state index contributed by atoms with van der Waals surface area (Å²) in [5.41, 5.74) is 9.37. The molecule has 6 aromatic rings. The number of pyridine rings is 1. The Labute approximate surface area is 210 Å². The summed E-state index contributed by atoms with van der Waals surface area (Å²) < 4.78 is 0. The van der Waals surface area contributed by atoms with E-state index in [-0.39, 0.29) is 0 Å². The molecule has 36 heavy (non-hydrogen) atoms. The normalized spacial score (nSPS) is 10.8. The molecular formula is C33H23N3. The average molecular weight is 462 g/mol. The van der Waals surface area contributed by atoms with Gasteiger partial charge in [0.2, 0.25) is 0 Å². The Hall–Kier alpha value is -4.89. The van der Waals surface area contributed by atoms with Crippen LogP contribution in [0.4, 0.5) is 0 Å². The van der Waals surface area contributed by atoms with Gasteiger partial charge in [0.25, 0.3) is 0 Å². The molecule has 0 amide bonds. The van der Waals surface area contributed by atoms with E-state index in [1.807, 2.05) is 67.0 Å².